The van der Waals surface area contributed by atoms with Gasteiger partial charge >= 0.3 is 0 Å². The Morgan fingerprint density at radius 2 is 2.00 bits per heavy atom. The third-order valence-corrected chi connectivity index (χ3v) is 3.87. The van der Waals surface area contributed by atoms with Gasteiger partial charge < -0.3 is 10.1 Å². The van der Waals surface area contributed by atoms with E-state index in [0.29, 0.717) is 30.4 Å². The lowest BCUT2D eigenvalue weighted by atomic mass is 9.87. The highest BCUT2D eigenvalue weighted by atomic mass is 79.9. The van der Waals surface area contributed by atoms with E-state index in [9.17, 15) is 8.78 Å². The number of methoxy groups -OCH3 is 1. The fourth-order valence-electron chi connectivity index (χ4n) is 2.35. The standard InChI is InChI=1S/C13H16BrF2NO/c1-18-12-3-2-10(14)8-11(12)13(15,16)9-4-6-17-7-5-9/h2-3,8-9,17H,4-7H2,1H3. The van der Waals surface area contributed by atoms with Crippen molar-refractivity contribution in [3.05, 3.63) is 28.2 Å². The fourth-order valence-corrected chi connectivity index (χ4v) is 2.71. The summed E-state index contributed by atoms with van der Waals surface area (Å²) in [6, 6.07) is 4.75. The van der Waals surface area contributed by atoms with Crippen LogP contribution in [0.25, 0.3) is 0 Å². The number of alkyl halides is 2. The molecule has 0 saturated carbocycles. The molecule has 1 aromatic rings. The number of rotatable bonds is 3. The van der Waals surface area contributed by atoms with Crippen LogP contribution < -0.4 is 10.1 Å². The third kappa shape index (κ3) is 2.67. The molecular formula is C13H16BrF2NO. The van der Waals surface area contributed by atoms with E-state index in [-0.39, 0.29) is 11.3 Å². The largest absolute Gasteiger partial charge is 0.496 e. The summed E-state index contributed by atoms with van der Waals surface area (Å²) >= 11 is 3.24. The van der Waals surface area contributed by atoms with Crippen LogP contribution in [0.5, 0.6) is 5.75 Å². The molecule has 1 aliphatic heterocycles. The molecule has 0 radical (unpaired) electrons. The predicted molar refractivity (Wildman–Crippen MR) is 70.2 cm³/mol. The number of ether oxygens (including phenoxy) is 1. The average molecular weight is 320 g/mol. The summed E-state index contributed by atoms with van der Waals surface area (Å²) in [5.41, 5.74) is -0.0220. The van der Waals surface area contributed by atoms with E-state index in [1.165, 1.54) is 13.2 Å². The molecule has 1 saturated heterocycles. The Kier molecular flexibility index (Phi) is 4.22. The molecule has 1 heterocycles. The van der Waals surface area contributed by atoms with Crippen LogP contribution in [-0.4, -0.2) is 20.2 Å². The van der Waals surface area contributed by atoms with Gasteiger partial charge in [-0.2, -0.15) is 0 Å². The van der Waals surface area contributed by atoms with Gasteiger partial charge in [0, 0.05) is 10.4 Å². The molecule has 0 bridgehead atoms. The monoisotopic (exact) mass is 319 g/mol. The molecule has 100 valence electrons. The predicted octanol–water partition coefficient (Wildman–Crippen LogP) is 3.55. The average Bonchev–Trinajstić information content (AvgIpc) is 2.39. The smallest absolute Gasteiger partial charge is 0.279 e. The van der Waals surface area contributed by atoms with E-state index in [4.69, 9.17) is 4.74 Å². The van der Waals surface area contributed by atoms with E-state index in [1.807, 2.05) is 0 Å². The van der Waals surface area contributed by atoms with Crippen LogP contribution in [0.2, 0.25) is 0 Å². The molecule has 0 spiro atoms. The van der Waals surface area contributed by atoms with Gasteiger partial charge in [-0.15, -0.1) is 0 Å². The van der Waals surface area contributed by atoms with Crippen molar-refractivity contribution in [2.45, 2.75) is 18.8 Å². The minimum absolute atomic E-state index is 0.0220. The number of nitrogens with one attached hydrogen (secondary N) is 1. The highest BCUT2D eigenvalue weighted by Crippen LogP contribution is 2.45. The molecule has 18 heavy (non-hydrogen) atoms. The number of benzene rings is 1. The third-order valence-electron chi connectivity index (χ3n) is 3.37. The van der Waals surface area contributed by atoms with Crippen LogP contribution in [0.1, 0.15) is 18.4 Å². The van der Waals surface area contributed by atoms with Gasteiger partial charge in [0.15, 0.2) is 0 Å². The molecule has 2 rings (SSSR count). The van der Waals surface area contributed by atoms with Gasteiger partial charge in [-0.1, -0.05) is 15.9 Å². The molecule has 1 aromatic carbocycles. The second-order valence-electron chi connectivity index (χ2n) is 4.49. The highest BCUT2D eigenvalue weighted by molar-refractivity contribution is 9.10. The molecule has 1 N–H and O–H groups in total. The Morgan fingerprint density at radius 1 is 1.33 bits per heavy atom. The lowest BCUT2D eigenvalue weighted by molar-refractivity contribution is -0.0768. The van der Waals surface area contributed by atoms with Gasteiger partial charge in [0.25, 0.3) is 5.92 Å². The second kappa shape index (κ2) is 5.53. The van der Waals surface area contributed by atoms with E-state index >= 15 is 0 Å². The second-order valence-corrected chi connectivity index (χ2v) is 5.41. The Balaban J connectivity index is 2.35. The van der Waals surface area contributed by atoms with Gasteiger partial charge in [0.05, 0.1) is 12.7 Å². The SMILES string of the molecule is COc1ccc(Br)cc1C(F)(F)C1CCNCC1. The van der Waals surface area contributed by atoms with Gasteiger partial charge in [0.1, 0.15) is 5.75 Å². The topological polar surface area (TPSA) is 21.3 Å². The van der Waals surface area contributed by atoms with Crippen LogP contribution >= 0.6 is 15.9 Å². The Morgan fingerprint density at radius 3 is 2.61 bits per heavy atom. The van der Waals surface area contributed by atoms with Crippen LogP contribution in [0, 0.1) is 5.92 Å². The van der Waals surface area contributed by atoms with Gasteiger partial charge in [-0.3, -0.25) is 0 Å². The van der Waals surface area contributed by atoms with Gasteiger partial charge in [0.2, 0.25) is 0 Å². The van der Waals surface area contributed by atoms with Crippen LogP contribution in [0.3, 0.4) is 0 Å². The molecule has 0 atom stereocenters. The van der Waals surface area contributed by atoms with Crippen molar-refractivity contribution in [2.75, 3.05) is 20.2 Å². The van der Waals surface area contributed by atoms with E-state index in [2.05, 4.69) is 21.2 Å². The van der Waals surface area contributed by atoms with Crippen molar-refractivity contribution in [1.82, 2.24) is 5.32 Å². The highest BCUT2D eigenvalue weighted by Gasteiger charge is 2.43. The summed E-state index contributed by atoms with van der Waals surface area (Å²) in [6.45, 7) is 1.30. The minimum atomic E-state index is -2.85. The van der Waals surface area contributed by atoms with Crippen molar-refractivity contribution >= 4 is 15.9 Å². The van der Waals surface area contributed by atoms with Gasteiger partial charge in [-0.25, -0.2) is 8.78 Å². The lowest BCUT2D eigenvalue weighted by Gasteiger charge is -2.31. The van der Waals surface area contributed by atoms with Crippen molar-refractivity contribution in [3.63, 3.8) is 0 Å². The molecule has 0 unspecified atom stereocenters. The zero-order valence-corrected chi connectivity index (χ0v) is 11.8. The molecule has 1 aliphatic rings. The zero-order valence-electron chi connectivity index (χ0n) is 10.2. The Labute approximate surface area is 114 Å². The first-order valence-corrected chi connectivity index (χ1v) is 6.77. The maximum absolute atomic E-state index is 14.5. The van der Waals surface area contributed by atoms with E-state index in [1.54, 1.807) is 12.1 Å². The molecule has 0 amide bonds. The molecule has 1 fully saturated rings. The van der Waals surface area contributed by atoms with Crippen LogP contribution in [0.4, 0.5) is 8.78 Å². The summed E-state index contributed by atoms with van der Waals surface area (Å²) in [5.74, 6) is -3.22. The van der Waals surface area contributed by atoms with E-state index < -0.39 is 11.8 Å². The first-order chi connectivity index (χ1) is 8.55. The minimum Gasteiger partial charge on any atom is -0.496 e. The maximum Gasteiger partial charge on any atom is 0.279 e. The van der Waals surface area contributed by atoms with Gasteiger partial charge in [-0.05, 0) is 44.1 Å². The van der Waals surface area contributed by atoms with E-state index in [0.717, 1.165) is 0 Å². The summed E-state index contributed by atoms with van der Waals surface area (Å²) < 4.78 is 34.8. The van der Waals surface area contributed by atoms with Crippen molar-refractivity contribution in [2.24, 2.45) is 5.92 Å². The number of piperidine rings is 1. The maximum atomic E-state index is 14.5. The molecule has 0 aromatic heterocycles. The Hall–Kier alpha value is -0.680. The normalized spacial score (nSPS) is 17.8. The molecule has 0 aliphatic carbocycles. The summed E-state index contributed by atoms with van der Waals surface area (Å²) in [4.78, 5) is 0. The molecule has 5 heteroatoms. The quantitative estimate of drug-likeness (QED) is 0.920. The van der Waals surface area contributed by atoms with Crippen molar-refractivity contribution < 1.29 is 13.5 Å². The number of hydrogen-bond acceptors (Lipinski definition) is 2. The summed E-state index contributed by atoms with van der Waals surface area (Å²) in [7, 11) is 1.42. The molecular weight excluding hydrogens is 304 g/mol. The van der Waals surface area contributed by atoms with Crippen LogP contribution in [-0.2, 0) is 5.92 Å². The lowest BCUT2D eigenvalue weighted by Crippen LogP contribution is -2.36. The fraction of sp³-hybridized carbons (Fsp3) is 0.538. The number of halogens is 3. The zero-order chi connectivity index (χ0) is 13.2. The van der Waals surface area contributed by atoms with Crippen molar-refractivity contribution in [1.29, 1.82) is 0 Å². The molecule has 2 nitrogen and oxygen atoms in total. The first kappa shape index (κ1) is 13.7. The summed E-state index contributed by atoms with van der Waals surface area (Å²) in [6.07, 6.45) is 0.978. The first-order valence-electron chi connectivity index (χ1n) is 5.98. The summed E-state index contributed by atoms with van der Waals surface area (Å²) in [5, 5.41) is 3.10. The Bertz CT molecular complexity index is 419. The van der Waals surface area contributed by atoms with Crippen molar-refractivity contribution in [3.8, 4) is 5.75 Å². The van der Waals surface area contributed by atoms with Crippen LogP contribution in [0.15, 0.2) is 22.7 Å². The number of hydrogen-bond donors (Lipinski definition) is 1.